The topological polar surface area (TPSA) is 49.3 Å². The molecular weight excluding hydrogens is 210 g/mol. The van der Waals surface area contributed by atoms with E-state index in [0.717, 1.165) is 12.2 Å². The summed E-state index contributed by atoms with van der Waals surface area (Å²) in [4.78, 5) is 11.6. The molecule has 2 N–H and O–H groups in total. The van der Waals surface area contributed by atoms with Gasteiger partial charge in [-0.1, -0.05) is 13.3 Å². The first-order valence-corrected chi connectivity index (χ1v) is 6.65. The lowest BCUT2D eigenvalue weighted by Gasteiger charge is -2.24. The van der Waals surface area contributed by atoms with E-state index in [0.29, 0.717) is 5.25 Å². The van der Waals surface area contributed by atoms with E-state index in [1.165, 1.54) is 26.7 Å². The molecule has 1 amide bonds. The van der Waals surface area contributed by atoms with Crippen molar-refractivity contribution < 1.29 is 9.90 Å². The number of aliphatic hydroxyl groups is 1. The van der Waals surface area contributed by atoms with Crippen LogP contribution < -0.4 is 5.32 Å². The average Bonchev–Trinajstić information content (AvgIpc) is 2.52. The highest BCUT2D eigenvalue weighted by atomic mass is 32.2. The van der Waals surface area contributed by atoms with Gasteiger partial charge in [0.05, 0.1) is 0 Å². The van der Waals surface area contributed by atoms with Crippen molar-refractivity contribution in [2.75, 3.05) is 5.75 Å². The van der Waals surface area contributed by atoms with Gasteiger partial charge in [0.25, 0.3) is 5.91 Å². The molecule has 0 saturated heterocycles. The van der Waals surface area contributed by atoms with E-state index in [4.69, 9.17) is 0 Å². The van der Waals surface area contributed by atoms with Gasteiger partial charge in [-0.25, -0.2) is 0 Å². The maximum Gasteiger partial charge on any atom is 0.251 e. The van der Waals surface area contributed by atoms with E-state index in [9.17, 15) is 9.90 Å². The van der Waals surface area contributed by atoms with Gasteiger partial charge in [0, 0.05) is 11.3 Å². The van der Waals surface area contributed by atoms with Crippen LogP contribution in [0.1, 0.15) is 40.0 Å². The smallest absolute Gasteiger partial charge is 0.251 e. The van der Waals surface area contributed by atoms with Crippen molar-refractivity contribution >= 4 is 17.7 Å². The third-order valence-corrected chi connectivity index (χ3v) is 4.03. The Labute approximate surface area is 96.0 Å². The van der Waals surface area contributed by atoms with Crippen LogP contribution in [0.5, 0.6) is 0 Å². The number of hydrogen-bond acceptors (Lipinski definition) is 3. The molecule has 0 aromatic heterocycles. The highest BCUT2D eigenvalue weighted by molar-refractivity contribution is 7.99. The molecule has 88 valence electrons. The number of hydrogen-bond donors (Lipinski definition) is 2. The highest BCUT2D eigenvalue weighted by Crippen LogP contribution is 2.30. The summed E-state index contributed by atoms with van der Waals surface area (Å²) in [5, 5.41) is 13.0. The predicted molar refractivity (Wildman–Crippen MR) is 64.0 cm³/mol. The van der Waals surface area contributed by atoms with Crippen molar-refractivity contribution in [1.82, 2.24) is 5.32 Å². The SMILES string of the molecule is CCSC1CCCC1NC(=O)C(C)(C)O. The van der Waals surface area contributed by atoms with E-state index in [1.807, 2.05) is 11.8 Å². The zero-order valence-corrected chi connectivity index (χ0v) is 10.6. The Balaban J connectivity index is 2.47. The van der Waals surface area contributed by atoms with Gasteiger partial charge in [0.1, 0.15) is 5.60 Å². The number of amides is 1. The number of nitrogens with one attached hydrogen (secondary N) is 1. The van der Waals surface area contributed by atoms with E-state index in [-0.39, 0.29) is 11.9 Å². The minimum Gasteiger partial charge on any atom is -0.381 e. The van der Waals surface area contributed by atoms with Crippen LogP contribution in [0, 0.1) is 0 Å². The lowest BCUT2D eigenvalue weighted by Crippen LogP contribution is -2.48. The van der Waals surface area contributed by atoms with Gasteiger partial charge >= 0.3 is 0 Å². The quantitative estimate of drug-likeness (QED) is 0.772. The lowest BCUT2D eigenvalue weighted by atomic mass is 10.1. The molecule has 2 unspecified atom stereocenters. The second kappa shape index (κ2) is 5.21. The van der Waals surface area contributed by atoms with Gasteiger partial charge in [-0.15, -0.1) is 0 Å². The largest absolute Gasteiger partial charge is 0.381 e. The van der Waals surface area contributed by atoms with E-state index < -0.39 is 5.60 Å². The van der Waals surface area contributed by atoms with Crippen LogP contribution in [0.2, 0.25) is 0 Å². The molecule has 4 heteroatoms. The summed E-state index contributed by atoms with van der Waals surface area (Å²) in [7, 11) is 0. The molecule has 1 saturated carbocycles. The molecule has 2 atom stereocenters. The van der Waals surface area contributed by atoms with Crippen molar-refractivity contribution in [2.24, 2.45) is 0 Å². The van der Waals surface area contributed by atoms with Gasteiger partial charge in [-0.3, -0.25) is 4.79 Å². The Morgan fingerprint density at radius 3 is 2.73 bits per heavy atom. The Bertz CT molecular complexity index is 225. The molecule has 0 aromatic carbocycles. The summed E-state index contributed by atoms with van der Waals surface area (Å²) >= 11 is 1.90. The van der Waals surface area contributed by atoms with Crippen LogP contribution in [-0.2, 0) is 4.79 Å². The van der Waals surface area contributed by atoms with E-state index in [1.54, 1.807) is 0 Å². The molecule has 0 aromatic rings. The molecule has 1 rings (SSSR count). The minimum atomic E-state index is -1.26. The van der Waals surface area contributed by atoms with Gasteiger partial charge in [-0.2, -0.15) is 11.8 Å². The standard InChI is InChI=1S/C11H21NO2S/c1-4-15-9-7-5-6-8(9)12-10(13)11(2,3)14/h8-9,14H,4-7H2,1-3H3,(H,12,13). The minimum absolute atomic E-state index is 0.244. The van der Waals surface area contributed by atoms with Crippen molar-refractivity contribution in [2.45, 2.75) is 56.9 Å². The van der Waals surface area contributed by atoms with Gasteiger partial charge in [0.2, 0.25) is 0 Å². The van der Waals surface area contributed by atoms with Crippen LogP contribution in [0.4, 0.5) is 0 Å². The van der Waals surface area contributed by atoms with Crippen LogP contribution in [0.15, 0.2) is 0 Å². The van der Waals surface area contributed by atoms with Crippen molar-refractivity contribution in [3.05, 3.63) is 0 Å². The van der Waals surface area contributed by atoms with Crippen molar-refractivity contribution in [3.63, 3.8) is 0 Å². The first kappa shape index (κ1) is 12.8. The second-order valence-electron chi connectivity index (χ2n) is 4.56. The maximum atomic E-state index is 11.6. The summed E-state index contributed by atoms with van der Waals surface area (Å²) in [5.74, 6) is 0.829. The average molecular weight is 231 g/mol. The van der Waals surface area contributed by atoms with Crippen molar-refractivity contribution in [3.8, 4) is 0 Å². The Kier molecular flexibility index (Phi) is 4.46. The first-order chi connectivity index (χ1) is 6.95. The summed E-state index contributed by atoms with van der Waals surface area (Å²) in [5.41, 5.74) is -1.26. The van der Waals surface area contributed by atoms with Crippen LogP contribution in [-0.4, -0.2) is 33.7 Å². The molecule has 1 aliphatic carbocycles. The number of thioether (sulfide) groups is 1. The summed E-state index contributed by atoms with van der Waals surface area (Å²) in [6.07, 6.45) is 3.39. The number of rotatable bonds is 4. The summed E-state index contributed by atoms with van der Waals surface area (Å²) in [6, 6.07) is 0.244. The van der Waals surface area contributed by atoms with Crippen LogP contribution in [0.3, 0.4) is 0 Å². The van der Waals surface area contributed by atoms with Gasteiger partial charge in [-0.05, 0) is 32.4 Å². The molecule has 0 heterocycles. The van der Waals surface area contributed by atoms with Gasteiger partial charge < -0.3 is 10.4 Å². The molecule has 0 radical (unpaired) electrons. The Hall–Kier alpha value is -0.220. The second-order valence-corrected chi connectivity index (χ2v) is 6.08. The molecule has 1 aliphatic rings. The van der Waals surface area contributed by atoms with E-state index in [2.05, 4.69) is 12.2 Å². The molecule has 0 aliphatic heterocycles. The zero-order chi connectivity index (χ0) is 11.5. The Morgan fingerprint density at radius 1 is 1.53 bits per heavy atom. The first-order valence-electron chi connectivity index (χ1n) is 5.60. The monoisotopic (exact) mass is 231 g/mol. The fourth-order valence-corrected chi connectivity index (χ4v) is 3.05. The zero-order valence-electron chi connectivity index (χ0n) is 9.75. The maximum absolute atomic E-state index is 11.6. The fourth-order valence-electron chi connectivity index (χ4n) is 1.85. The molecule has 15 heavy (non-hydrogen) atoms. The van der Waals surface area contributed by atoms with Gasteiger partial charge in [0.15, 0.2) is 0 Å². The third kappa shape index (κ3) is 3.68. The van der Waals surface area contributed by atoms with Crippen LogP contribution >= 0.6 is 11.8 Å². The lowest BCUT2D eigenvalue weighted by molar-refractivity contribution is -0.137. The number of carbonyl (C=O) groups is 1. The molecule has 0 spiro atoms. The fraction of sp³-hybridized carbons (Fsp3) is 0.909. The molecule has 0 bridgehead atoms. The van der Waals surface area contributed by atoms with E-state index >= 15 is 0 Å². The summed E-state index contributed by atoms with van der Waals surface area (Å²) in [6.45, 7) is 5.19. The third-order valence-electron chi connectivity index (χ3n) is 2.71. The van der Waals surface area contributed by atoms with Crippen LogP contribution in [0.25, 0.3) is 0 Å². The summed E-state index contributed by atoms with van der Waals surface area (Å²) < 4.78 is 0. The number of carbonyl (C=O) groups excluding carboxylic acids is 1. The normalized spacial score (nSPS) is 26.7. The molecule has 3 nitrogen and oxygen atoms in total. The Morgan fingerprint density at radius 2 is 2.20 bits per heavy atom. The molecule has 1 fully saturated rings. The molecular formula is C11H21NO2S. The highest BCUT2D eigenvalue weighted by Gasteiger charge is 2.32. The predicted octanol–water partition coefficient (Wildman–Crippen LogP) is 1.55. The van der Waals surface area contributed by atoms with Crippen molar-refractivity contribution in [1.29, 1.82) is 0 Å².